The third-order valence-corrected chi connectivity index (χ3v) is 4.41. The lowest BCUT2D eigenvalue weighted by Gasteiger charge is -2.16. The number of nitrogens with zero attached hydrogens (tertiary/aromatic N) is 3. The van der Waals surface area contributed by atoms with Gasteiger partial charge in [-0.1, -0.05) is 0 Å². The van der Waals surface area contributed by atoms with E-state index in [4.69, 9.17) is 10.5 Å². The van der Waals surface area contributed by atoms with Crippen LogP contribution in [-0.2, 0) is 6.42 Å². The van der Waals surface area contributed by atoms with E-state index in [2.05, 4.69) is 14.9 Å². The minimum atomic E-state index is -0.405. The summed E-state index contributed by atoms with van der Waals surface area (Å²) in [5, 5.41) is 9.92. The summed E-state index contributed by atoms with van der Waals surface area (Å²) in [7, 11) is 1.53. The lowest BCUT2D eigenvalue weighted by molar-refractivity contribution is 0.144. The van der Waals surface area contributed by atoms with Gasteiger partial charge in [-0.2, -0.15) is 0 Å². The third-order valence-electron chi connectivity index (χ3n) is 4.41. The van der Waals surface area contributed by atoms with Crippen molar-refractivity contribution in [1.82, 2.24) is 14.9 Å². The molecule has 0 radical (unpaired) electrons. The molecule has 0 saturated carbocycles. The number of likely N-dealkylation sites (tertiary alicyclic amines) is 1. The fourth-order valence-corrected chi connectivity index (χ4v) is 3.05. The van der Waals surface area contributed by atoms with Gasteiger partial charge in [-0.3, -0.25) is 4.98 Å². The first-order chi connectivity index (χ1) is 11.1. The van der Waals surface area contributed by atoms with E-state index >= 15 is 0 Å². The van der Waals surface area contributed by atoms with Gasteiger partial charge in [0, 0.05) is 37.2 Å². The Morgan fingerprint density at radius 2 is 2.26 bits per heavy atom. The van der Waals surface area contributed by atoms with E-state index in [1.807, 2.05) is 0 Å². The van der Waals surface area contributed by atoms with Crippen molar-refractivity contribution in [3.63, 3.8) is 0 Å². The van der Waals surface area contributed by atoms with Crippen LogP contribution in [0.15, 0.2) is 18.3 Å². The summed E-state index contributed by atoms with van der Waals surface area (Å²) in [6.07, 6.45) is 1.32. The smallest absolute Gasteiger partial charge is 0.213 e. The maximum atomic E-state index is 14.2. The predicted octanol–water partition coefficient (Wildman–Crippen LogP) is 0.571. The van der Waals surface area contributed by atoms with Gasteiger partial charge in [0.1, 0.15) is 5.82 Å². The highest BCUT2D eigenvalue weighted by molar-refractivity contribution is 5.78. The van der Waals surface area contributed by atoms with E-state index in [1.54, 1.807) is 12.1 Å². The number of methoxy groups -OCH3 is 1. The van der Waals surface area contributed by atoms with Crippen molar-refractivity contribution < 1.29 is 14.2 Å². The summed E-state index contributed by atoms with van der Waals surface area (Å²) in [5.74, 6) is 0.159. The second-order valence-corrected chi connectivity index (χ2v) is 5.88. The molecule has 1 saturated heterocycles. The lowest BCUT2D eigenvalue weighted by Crippen LogP contribution is -2.26. The highest BCUT2D eigenvalue weighted by Gasteiger charge is 2.30. The second-order valence-electron chi connectivity index (χ2n) is 5.88. The first-order valence-electron chi connectivity index (χ1n) is 7.71. The Labute approximate surface area is 134 Å². The highest BCUT2D eigenvalue weighted by Crippen LogP contribution is 2.23. The minimum absolute atomic E-state index is 0.0900. The van der Waals surface area contributed by atoms with Crippen LogP contribution >= 0.6 is 0 Å². The van der Waals surface area contributed by atoms with Crippen molar-refractivity contribution in [3.8, 4) is 5.88 Å². The van der Waals surface area contributed by atoms with Gasteiger partial charge in [-0.05, 0) is 19.0 Å². The molecule has 1 aliphatic rings. The molecular weight excluding hydrogens is 299 g/mol. The number of halogens is 1. The third kappa shape index (κ3) is 3.26. The van der Waals surface area contributed by atoms with Crippen LogP contribution in [0.2, 0.25) is 0 Å². The fourth-order valence-electron chi connectivity index (χ4n) is 3.05. The minimum Gasteiger partial charge on any atom is -0.481 e. The van der Waals surface area contributed by atoms with Gasteiger partial charge in [0.2, 0.25) is 5.88 Å². The van der Waals surface area contributed by atoms with Crippen LogP contribution in [0.4, 0.5) is 4.39 Å². The summed E-state index contributed by atoms with van der Waals surface area (Å²) in [5.41, 5.74) is 7.34. The molecule has 2 atom stereocenters. The largest absolute Gasteiger partial charge is 0.481 e. The Morgan fingerprint density at radius 1 is 1.43 bits per heavy atom. The number of rotatable bonds is 5. The molecule has 0 amide bonds. The molecule has 3 heterocycles. The van der Waals surface area contributed by atoms with Gasteiger partial charge < -0.3 is 20.5 Å². The average Bonchev–Trinajstić information content (AvgIpc) is 2.93. The monoisotopic (exact) mass is 320 g/mol. The van der Waals surface area contributed by atoms with Crippen LogP contribution in [-0.4, -0.2) is 59.4 Å². The van der Waals surface area contributed by atoms with Gasteiger partial charge >= 0.3 is 0 Å². The van der Waals surface area contributed by atoms with Crippen LogP contribution in [0.1, 0.15) is 5.56 Å². The summed E-state index contributed by atoms with van der Waals surface area (Å²) < 4.78 is 19.3. The molecule has 3 rings (SSSR count). The van der Waals surface area contributed by atoms with Gasteiger partial charge in [0.15, 0.2) is 0 Å². The van der Waals surface area contributed by atoms with Gasteiger partial charge in [-0.25, -0.2) is 9.37 Å². The lowest BCUT2D eigenvalue weighted by atomic mass is 10.1. The van der Waals surface area contributed by atoms with Gasteiger partial charge in [0.05, 0.1) is 30.4 Å². The van der Waals surface area contributed by atoms with E-state index in [0.717, 1.165) is 6.54 Å². The molecule has 1 fully saturated rings. The first kappa shape index (κ1) is 16.0. The number of β-amino-alcohol motifs (C(OH)–C–C–N with tert-alkyl or cyclic N) is 1. The van der Waals surface area contributed by atoms with Crippen LogP contribution in [0.3, 0.4) is 0 Å². The topological polar surface area (TPSA) is 84.5 Å². The number of aliphatic hydroxyl groups excluding tert-OH is 1. The molecule has 3 N–H and O–H groups in total. The summed E-state index contributed by atoms with van der Waals surface area (Å²) in [6, 6.07) is 3.48. The zero-order chi connectivity index (χ0) is 16.4. The number of aromatic nitrogens is 2. The predicted molar refractivity (Wildman–Crippen MR) is 84.7 cm³/mol. The van der Waals surface area contributed by atoms with Gasteiger partial charge in [0.25, 0.3) is 0 Å². The SMILES string of the molecule is COc1ccc2ncc(F)c(CCN3C[C@@H](CN)[C@H](O)C3)c2n1. The molecule has 0 aliphatic carbocycles. The van der Waals surface area contributed by atoms with Crippen LogP contribution in [0.25, 0.3) is 11.0 Å². The van der Waals surface area contributed by atoms with E-state index < -0.39 is 6.10 Å². The fraction of sp³-hybridized carbons (Fsp3) is 0.500. The van der Waals surface area contributed by atoms with Crippen LogP contribution < -0.4 is 10.5 Å². The molecule has 0 bridgehead atoms. The van der Waals surface area contributed by atoms with Crippen molar-refractivity contribution in [1.29, 1.82) is 0 Å². The number of pyridine rings is 2. The Hall–Kier alpha value is -1.83. The summed E-state index contributed by atoms with van der Waals surface area (Å²) >= 11 is 0. The molecule has 1 aliphatic heterocycles. The molecule has 124 valence electrons. The normalized spacial score (nSPS) is 21.9. The average molecular weight is 320 g/mol. The number of ether oxygens (including phenoxy) is 1. The maximum Gasteiger partial charge on any atom is 0.213 e. The zero-order valence-electron chi connectivity index (χ0n) is 13.1. The van der Waals surface area contributed by atoms with Crippen molar-refractivity contribution >= 4 is 11.0 Å². The molecule has 0 unspecified atom stereocenters. The van der Waals surface area contributed by atoms with E-state index in [1.165, 1.54) is 13.3 Å². The zero-order valence-corrected chi connectivity index (χ0v) is 13.1. The van der Waals surface area contributed by atoms with Crippen molar-refractivity contribution in [2.24, 2.45) is 11.7 Å². The molecular formula is C16H21FN4O2. The molecule has 23 heavy (non-hydrogen) atoms. The van der Waals surface area contributed by atoms with E-state index in [9.17, 15) is 9.50 Å². The standard InChI is InChI=1S/C16H21FN4O2/c1-23-15-3-2-13-16(20-15)11(12(17)7-19-13)4-5-21-8-10(6-18)14(22)9-21/h2-3,7,10,14,22H,4-6,8-9,18H2,1H3/t10-,14-/m1/s1. The number of hydrogen-bond donors (Lipinski definition) is 2. The molecule has 0 aromatic carbocycles. The van der Waals surface area contributed by atoms with Crippen molar-refractivity contribution in [2.45, 2.75) is 12.5 Å². The van der Waals surface area contributed by atoms with Gasteiger partial charge in [-0.15, -0.1) is 0 Å². The van der Waals surface area contributed by atoms with Crippen molar-refractivity contribution in [3.05, 3.63) is 29.7 Å². The van der Waals surface area contributed by atoms with E-state index in [0.29, 0.717) is 48.5 Å². The van der Waals surface area contributed by atoms with Crippen molar-refractivity contribution in [2.75, 3.05) is 33.3 Å². The molecule has 0 spiro atoms. The quantitative estimate of drug-likeness (QED) is 0.838. The van der Waals surface area contributed by atoms with Crippen LogP contribution in [0, 0.1) is 11.7 Å². The number of fused-ring (bicyclic) bond motifs is 1. The van der Waals surface area contributed by atoms with Crippen LogP contribution in [0.5, 0.6) is 5.88 Å². The molecule has 6 nitrogen and oxygen atoms in total. The Morgan fingerprint density at radius 3 is 2.96 bits per heavy atom. The Kier molecular flexibility index (Phi) is 4.70. The first-order valence-corrected chi connectivity index (χ1v) is 7.71. The number of aliphatic hydroxyl groups is 1. The number of hydrogen-bond acceptors (Lipinski definition) is 6. The maximum absolute atomic E-state index is 14.2. The molecule has 2 aromatic rings. The summed E-state index contributed by atoms with van der Waals surface area (Å²) in [6.45, 7) is 2.41. The second kappa shape index (κ2) is 6.74. The summed E-state index contributed by atoms with van der Waals surface area (Å²) in [4.78, 5) is 10.5. The van der Waals surface area contributed by atoms with E-state index in [-0.39, 0.29) is 11.7 Å². The Balaban J connectivity index is 1.81. The molecule has 7 heteroatoms. The number of nitrogens with two attached hydrogens (primary N) is 1. The molecule has 2 aromatic heterocycles. The highest BCUT2D eigenvalue weighted by atomic mass is 19.1. The Bertz CT molecular complexity index is 697.